The minimum Gasteiger partial charge on any atom is -0.460 e. The Morgan fingerprint density at radius 3 is 2.79 bits per heavy atom. The fraction of sp³-hybridized carbons (Fsp3) is 0.526. The molecule has 0 saturated carbocycles. The summed E-state index contributed by atoms with van der Waals surface area (Å²) in [5.74, 6) is 1.50. The fourth-order valence-electron chi connectivity index (χ4n) is 3.17. The Balaban J connectivity index is 1.64. The molecule has 0 spiro atoms. The van der Waals surface area contributed by atoms with Crippen LogP contribution in [0, 0.1) is 0 Å². The lowest BCUT2D eigenvalue weighted by Crippen LogP contribution is -2.45. The highest BCUT2D eigenvalue weighted by Gasteiger charge is 2.33. The molecule has 1 aromatic heterocycles. The number of hydrogen-bond donors (Lipinski definition) is 1. The van der Waals surface area contributed by atoms with Gasteiger partial charge >= 0.3 is 0 Å². The van der Waals surface area contributed by atoms with Crippen LogP contribution in [0.3, 0.4) is 0 Å². The smallest absolute Gasteiger partial charge is 0.230 e. The average molecular weight is 347 g/mol. The predicted molar refractivity (Wildman–Crippen MR) is 98.6 cm³/mol. The molecule has 2 heterocycles. The molecule has 1 atom stereocenters. The zero-order valence-electron chi connectivity index (χ0n) is 14.3. The summed E-state index contributed by atoms with van der Waals surface area (Å²) in [6, 6.07) is 9.81. The number of furan rings is 1. The number of carbonyl (C=O) groups excluding carboxylic acids is 1. The highest BCUT2D eigenvalue weighted by Crippen LogP contribution is 2.35. The third kappa shape index (κ3) is 3.78. The van der Waals surface area contributed by atoms with E-state index in [1.54, 1.807) is 0 Å². The maximum Gasteiger partial charge on any atom is 0.230 e. The SMILES string of the molecule is CCSC1(CNC(=O)[C@H](C)c2cc3ccccc3o2)CCOCC1. The monoisotopic (exact) mass is 347 g/mol. The lowest BCUT2D eigenvalue weighted by Gasteiger charge is -2.36. The fourth-order valence-corrected chi connectivity index (χ4v) is 4.41. The average Bonchev–Trinajstić information content (AvgIpc) is 3.04. The number of benzene rings is 1. The van der Waals surface area contributed by atoms with Gasteiger partial charge in [-0.15, -0.1) is 0 Å². The van der Waals surface area contributed by atoms with Gasteiger partial charge < -0.3 is 14.5 Å². The van der Waals surface area contributed by atoms with Crippen molar-refractivity contribution in [2.45, 2.75) is 37.4 Å². The van der Waals surface area contributed by atoms with Gasteiger partial charge in [0.05, 0.1) is 5.92 Å². The molecule has 0 radical (unpaired) electrons. The summed E-state index contributed by atoms with van der Waals surface area (Å²) >= 11 is 1.93. The molecule has 1 saturated heterocycles. The quantitative estimate of drug-likeness (QED) is 0.859. The Labute approximate surface area is 147 Å². The summed E-state index contributed by atoms with van der Waals surface area (Å²) in [6.45, 7) is 6.32. The molecule has 0 aliphatic carbocycles. The van der Waals surface area contributed by atoms with E-state index in [0.29, 0.717) is 6.54 Å². The number of thioether (sulfide) groups is 1. The number of nitrogens with one attached hydrogen (secondary N) is 1. The summed E-state index contributed by atoms with van der Waals surface area (Å²) < 4.78 is 11.4. The number of fused-ring (bicyclic) bond motifs is 1. The Kier molecular flexibility index (Phi) is 5.51. The lowest BCUT2D eigenvalue weighted by atomic mass is 9.98. The van der Waals surface area contributed by atoms with Gasteiger partial charge in [-0.25, -0.2) is 0 Å². The van der Waals surface area contributed by atoms with Crippen LogP contribution in [-0.4, -0.2) is 36.2 Å². The topological polar surface area (TPSA) is 51.5 Å². The molecular weight excluding hydrogens is 322 g/mol. The standard InChI is InChI=1S/C19H25NO3S/c1-3-24-19(8-10-22-11-9-19)13-20-18(21)14(2)17-12-15-6-4-5-7-16(15)23-17/h4-7,12,14H,3,8-11,13H2,1-2H3,(H,20,21)/t14-/m1/s1. The molecule has 4 nitrogen and oxygen atoms in total. The molecular formula is C19H25NO3S. The molecule has 0 unspecified atom stereocenters. The highest BCUT2D eigenvalue weighted by atomic mass is 32.2. The molecule has 2 aromatic rings. The number of para-hydroxylation sites is 1. The molecule has 1 aromatic carbocycles. The van der Waals surface area contributed by atoms with Gasteiger partial charge in [0.15, 0.2) is 0 Å². The van der Waals surface area contributed by atoms with Crippen LogP contribution in [0.5, 0.6) is 0 Å². The molecule has 1 aliphatic heterocycles. The first-order valence-electron chi connectivity index (χ1n) is 8.61. The van der Waals surface area contributed by atoms with Crippen LogP contribution in [0.15, 0.2) is 34.7 Å². The number of rotatable bonds is 6. The van der Waals surface area contributed by atoms with Crippen LogP contribution >= 0.6 is 11.8 Å². The van der Waals surface area contributed by atoms with Crippen LogP contribution in [-0.2, 0) is 9.53 Å². The Bertz CT molecular complexity index is 652. The van der Waals surface area contributed by atoms with Crippen molar-refractivity contribution in [3.8, 4) is 0 Å². The Morgan fingerprint density at radius 1 is 1.33 bits per heavy atom. The largest absolute Gasteiger partial charge is 0.460 e. The molecule has 1 fully saturated rings. The lowest BCUT2D eigenvalue weighted by molar-refractivity contribution is -0.122. The predicted octanol–water partition coefficient (Wildman–Crippen LogP) is 3.95. The van der Waals surface area contributed by atoms with E-state index >= 15 is 0 Å². The summed E-state index contributed by atoms with van der Waals surface area (Å²) in [5.41, 5.74) is 0.828. The van der Waals surface area contributed by atoms with Crippen molar-refractivity contribution >= 4 is 28.6 Å². The highest BCUT2D eigenvalue weighted by molar-refractivity contribution is 8.00. The molecule has 3 rings (SSSR count). The molecule has 1 aliphatic rings. The summed E-state index contributed by atoms with van der Waals surface area (Å²) in [5, 5.41) is 4.18. The minimum atomic E-state index is -0.291. The second-order valence-corrected chi connectivity index (χ2v) is 8.09. The number of amides is 1. The first kappa shape index (κ1) is 17.4. The molecule has 24 heavy (non-hydrogen) atoms. The van der Waals surface area contributed by atoms with Gasteiger partial charge in [0, 0.05) is 29.9 Å². The van der Waals surface area contributed by atoms with Gasteiger partial charge in [-0.3, -0.25) is 4.79 Å². The van der Waals surface area contributed by atoms with Crippen molar-refractivity contribution in [2.24, 2.45) is 0 Å². The van der Waals surface area contributed by atoms with E-state index in [1.807, 2.05) is 49.0 Å². The van der Waals surface area contributed by atoms with E-state index in [0.717, 1.165) is 48.5 Å². The van der Waals surface area contributed by atoms with Crippen molar-refractivity contribution in [1.82, 2.24) is 5.32 Å². The van der Waals surface area contributed by atoms with E-state index in [4.69, 9.17) is 9.15 Å². The number of hydrogen-bond acceptors (Lipinski definition) is 4. The molecule has 0 bridgehead atoms. The van der Waals surface area contributed by atoms with E-state index < -0.39 is 0 Å². The van der Waals surface area contributed by atoms with E-state index in [-0.39, 0.29) is 16.6 Å². The van der Waals surface area contributed by atoms with Crippen molar-refractivity contribution in [3.63, 3.8) is 0 Å². The zero-order chi connectivity index (χ0) is 17.0. The zero-order valence-corrected chi connectivity index (χ0v) is 15.2. The normalized spacial score (nSPS) is 18.4. The van der Waals surface area contributed by atoms with Crippen LogP contribution in [0.4, 0.5) is 0 Å². The summed E-state index contributed by atoms with van der Waals surface area (Å²) in [7, 11) is 0. The van der Waals surface area contributed by atoms with Gasteiger partial charge in [-0.2, -0.15) is 11.8 Å². The summed E-state index contributed by atoms with van der Waals surface area (Å²) in [4.78, 5) is 12.6. The van der Waals surface area contributed by atoms with E-state index in [2.05, 4.69) is 12.2 Å². The van der Waals surface area contributed by atoms with Gasteiger partial charge in [-0.05, 0) is 37.7 Å². The van der Waals surface area contributed by atoms with Crippen molar-refractivity contribution in [3.05, 3.63) is 36.1 Å². The first-order chi connectivity index (χ1) is 11.6. The number of carbonyl (C=O) groups is 1. The second-order valence-electron chi connectivity index (χ2n) is 6.35. The van der Waals surface area contributed by atoms with Crippen molar-refractivity contribution in [1.29, 1.82) is 0 Å². The van der Waals surface area contributed by atoms with E-state index in [1.165, 1.54) is 0 Å². The van der Waals surface area contributed by atoms with Crippen LogP contribution < -0.4 is 5.32 Å². The van der Waals surface area contributed by atoms with Crippen LogP contribution in [0.1, 0.15) is 38.4 Å². The third-order valence-corrected chi connectivity index (χ3v) is 6.16. The Morgan fingerprint density at radius 2 is 2.08 bits per heavy atom. The molecule has 1 N–H and O–H groups in total. The maximum atomic E-state index is 12.6. The van der Waals surface area contributed by atoms with Gasteiger partial charge in [0.25, 0.3) is 0 Å². The molecule has 1 amide bonds. The van der Waals surface area contributed by atoms with Gasteiger partial charge in [-0.1, -0.05) is 25.1 Å². The van der Waals surface area contributed by atoms with Gasteiger partial charge in [0.2, 0.25) is 5.91 Å². The number of ether oxygens (including phenoxy) is 1. The van der Waals surface area contributed by atoms with Gasteiger partial charge in [0.1, 0.15) is 11.3 Å². The maximum absolute atomic E-state index is 12.6. The summed E-state index contributed by atoms with van der Waals surface area (Å²) in [6.07, 6.45) is 1.98. The first-order valence-corrected chi connectivity index (χ1v) is 9.60. The van der Waals surface area contributed by atoms with E-state index in [9.17, 15) is 4.79 Å². The molecule has 5 heteroatoms. The molecule has 130 valence electrons. The second kappa shape index (κ2) is 7.62. The third-order valence-electron chi connectivity index (χ3n) is 4.70. The minimum absolute atomic E-state index is 0.0247. The van der Waals surface area contributed by atoms with Crippen LogP contribution in [0.2, 0.25) is 0 Å². The Hall–Kier alpha value is -1.46. The van der Waals surface area contributed by atoms with Crippen LogP contribution in [0.25, 0.3) is 11.0 Å². The van der Waals surface area contributed by atoms with Crippen molar-refractivity contribution in [2.75, 3.05) is 25.5 Å². The van der Waals surface area contributed by atoms with Crippen molar-refractivity contribution < 1.29 is 13.9 Å².